The molecule has 1 aromatic carbocycles. The van der Waals surface area contributed by atoms with Crippen molar-refractivity contribution in [3.63, 3.8) is 0 Å². The number of hydrogen-bond acceptors (Lipinski definition) is 2. The molecule has 0 bridgehead atoms. The summed E-state index contributed by atoms with van der Waals surface area (Å²) >= 11 is 4.80. The summed E-state index contributed by atoms with van der Waals surface area (Å²) in [6.45, 7) is 0.445. The molecule has 1 aromatic rings. The molecule has 0 aliphatic heterocycles. The Hall–Kier alpha value is -1.14. The molecule has 0 heterocycles. The lowest BCUT2D eigenvalue weighted by Crippen LogP contribution is -2.17. The average molecular weight is 263 g/mol. The van der Waals surface area contributed by atoms with Crippen LogP contribution in [0.25, 0.3) is 0 Å². The number of thiocarbonyl (C=S) groups is 1. The number of hydrogen-bond donors (Lipinski definition) is 1. The number of ether oxygens (including phenoxy) is 1. The second-order valence-corrected chi connectivity index (χ2v) is 4.05. The molecule has 0 radical (unpaired) electrons. The van der Waals surface area contributed by atoms with Gasteiger partial charge in [0.15, 0.2) is 0 Å². The van der Waals surface area contributed by atoms with Gasteiger partial charge >= 0.3 is 6.18 Å². The maximum absolute atomic E-state index is 11.9. The highest BCUT2D eigenvalue weighted by molar-refractivity contribution is 7.80. The predicted molar refractivity (Wildman–Crippen MR) is 62.8 cm³/mol. The fourth-order valence-electron chi connectivity index (χ4n) is 1.29. The van der Waals surface area contributed by atoms with Gasteiger partial charge in [0.05, 0.1) is 6.61 Å². The van der Waals surface area contributed by atoms with Crippen LogP contribution in [-0.4, -0.2) is 17.8 Å². The Kier molecular flexibility index (Phi) is 4.47. The molecule has 0 saturated heterocycles. The first-order chi connectivity index (χ1) is 7.79. The van der Waals surface area contributed by atoms with Gasteiger partial charge in [-0.15, -0.1) is 0 Å². The molecular formula is C11H12F3NOS. The van der Waals surface area contributed by atoms with Crippen molar-refractivity contribution >= 4 is 17.2 Å². The molecule has 0 amide bonds. The first-order valence-electron chi connectivity index (χ1n) is 4.83. The van der Waals surface area contributed by atoms with E-state index in [1.807, 2.05) is 0 Å². The topological polar surface area (TPSA) is 35.2 Å². The minimum atomic E-state index is -4.30. The third kappa shape index (κ3) is 4.70. The Morgan fingerprint density at radius 3 is 2.53 bits per heavy atom. The number of aryl methyl sites for hydroxylation is 1. The summed E-state index contributed by atoms with van der Waals surface area (Å²) in [6.07, 6.45) is -4.30. The molecule has 94 valence electrons. The molecule has 0 aliphatic rings. The zero-order valence-electron chi connectivity index (χ0n) is 9.17. The second kappa shape index (κ2) is 5.46. The number of alkyl halides is 3. The Balaban J connectivity index is 2.64. The minimum absolute atomic E-state index is 0.0804. The summed E-state index contributed by atoms with van der Waals surface area (Å²) in [4.78, 5) is 0.260. The van der Waals surface area contributed by atoms with Crippen LogP contribution >= 0.6 is 12.2 Å². The molecule has 0 spiro atoms. The highest BCUT2D eigenvalue weighted by Gasteiger charge is 2.27. The zero-order valence-corrected chi connectivity index (χ0v) is 9.99. The van der Waals surface area contributed by atoms with E-state index in [1.54, 1.807) is 25.1 Å². The summed E-state index contributed by atoms with van der Waals surface area (Å²) in [7, 11) is 0. The lowest BCUT2D eigenvalue weighted by Gasteiger charge is -2.10. The normalized spacial score (nSPS) is 11.5. The Bertz CT molecular complexity index is 418. The molecule has 0 aromatic heterocycles. The predicted octanol–water partition coefficient (Wildman–Crippen LogP) is 2.71. The summed E-state index contributed by atoms with van der Waals surface area (Å²) in [5, 5.41) is 0. The van der Waals surface area contributed by atoms with Gasteiger partial charge in [-0.3, -0.25) is 0 Å². The molecule has 0 saturated carbocycles. The zero-order chi connectivity index (χ0) is 13.1. The van der Waals surface area contributed by atoms with Crippen LogP contribution < -0.4 is 5.73 Å². The second-order valence-electron chi connectivity index (χ2n) is 3.61. The van der Waals surface area contributed by atoms with Crippen LogP contribution in [0.2, 0.25) is 0 Å². The fourth-order valence-corrected chi connectivity index (χ4v) is 1.41. The quantitative estimate of drug-likeness (QED) is 0.848. The molecule has 2 nitrogen and oxygen atoms in total. The summed E-state index contributed by atoms with van der Waals surface area (Å²) in [6, 6.07) is 5.07. The van der Waals surface area contributed by atoms with E-state index in [0.717, 1.165) is 5.56 Å². The van der Waals surface area contributed by atoms with Crippen LogP contribution in [0.15, 0.2) is 18.2 Å². The molecule has 6 heteroatoms. The van der Waals surface area contributed by atoms with Gasteiger partial charge in [0.1, 0.15) is 11.6 Å². The molecule has 0 unspecified atom stereocenters. The van der Waals surface area contributed by atoms with E-state index < -0.39 is 12.8 Å². The summed E-state index contributed by atoms with van der Waals surface area (Å²) < 4.78 is 40.2. The maximum atomic E-state index is 11.9. The Morgan fingerprint density at radius 1 is 1.41 bits per heavy atom. The van der Waals surface area contributed by atoms with Crippen LogP contribution in [0.4, 0.5) is 13.2 Å². The summed E-state index contributed by atoms with van der Waals surface area (Å²) in [5.41, 5.74) is 7.63. The monoisotopic (exact) mass is 263 g/mol. The highest BCUT2D eigenvalue weighted by atomic mass is 32.1. The van der Waals surface area contributed by atoms with Crippen molar-refractivity contribution in [2.24, 2.45) is 5.73 Å². The van der Waals surface area contributed by atoms with E-state index in [2.05, 4.69) is 4.74 Å². The molecular weight excluding hydrogens is 251 g/mol. The molecule has 0 fully saturated rings. The smallest absolute Gasteiger partial charge is 0.389 e. The van der Waals surface area contributed by atoms with Crippen LogP contribution in [0.3, 0.4) is 0 Å². The molecule has 17 heavy (non-hydrogen) atoms. The van der Waals surface area contributed by atoms with Crippen LogP contribution in [0.1, 0.15) is 16.7 Å². The van der Waals surface area contributed by atoms with E-state index in [9.17, 15) is 13.2 Å². The van der Waals surface area contributed by atoms with E-state index in [0.29, 0.717) is 11.1 Å². The van der Waals surface area contributed by atoms with Crippen molar-refractivity contribution < 1.29 is 17.9 Å². The number of halogens is 3. The van der Waals surface area contributed by atoms with Crippen LogP contribution in [0, 0.1) is 6.92 Å². The van der Waals surface area contributed by atoms with Crippen molar-refractivity contribution in [2.75, 3.05) is 6.61 Å². The average Bonchev–Trinajstić information content (AvgIpc) is 2.18. The largest absolute Gasteiger partial charge is 0.411 e. The Morgan fingerprint density at radius 2 is 2.06 bits per heavy atom. The van der Waals surface area contributed by atoms with Gasteiger partial charge < -0.3 is 10.5 Å². The van der Waals surface area contributed by atoms with E-state index in [-0.39, 0.29) is 11.6 Å². The molecule has 2 N–H and O–H groups in total. The van der Waals surface area contributed by atoms with Crippen molar-refractivity contribution in [3.05, 3.63) is 34.9 Å². The minimum Gasteiger partial charge on any atom is -0.389 e. The standard InChI is InChI=1S/C11H12F3NOS/c1-7-4-8(10(15)17)2-3-9(7)5-16-6-11(12,13)14/h2-4H,5-6H2,1H3,(H2,15,17). The van der Waals surface area contributed by atoms with Gasteiger partial charge in [0.2, 0.25) is 0 Å². The summed E-state index contributed by atoms with van der Waals surface area (Å²) in [5.74, 6) is 0. The molecule has 0 atom stereocenters. The van der Waals surface area contributed by atoms with Gasteiger partial charge in [0.25, 0.3) is 0 Å². The van der Waals surface area contributed by atoms with Gasteiger partial charge in [-0.1, -0.05) is 24.4 Å². The maximum Gasteiger partial charge on any atom is 0.411 e. The third-order valence-electron chi connectivity index (χ3n) is 2.15. The van der Waals surface area contributed by atoms with E-state index in [4.69, 9.17) is 18.0 Å². The molecule has 1 rings (SSSR count). The first-order valence-corrected chi connectivity index (χ1v) is 5.24. The van der Waals surface area contributed by atoms with Gasteiger partial charge in [-0.2, -0.15) is 13.2 Å². The number of benzene rings is 1. The van der Waals surface area contributed by atoms with E-state index in [1.165, 1.54) is 0 Å². The first kappa shape index (κ1) is 13.9. The van der Waals surface area contributed by atoms with Crippen molar-refractivity contribution in [1.29, 1.82) is 0 Å². The van der Waals surface area contributed by atoms with Gasteiger partial charge in [-0.05, 0) is 24.1 Å². The van der Waals surface area contributed by atoms with E-state index >= 15 is 0 Å². The third-order valence-corrected chi connectivity index (χ3v) is 2.39. The lowest BCUT2D eigenvalue weighted by atomic mass is 10.1. The Labute approximate surface area is 103 Å². The van der Waals surface area contributed by atoms with Crippen molar-refractivity contribution in [2.45, 2.75) is 19.7 Å². The van der Waals surface area contributed by atoms with Crippen molar-refractivity contribution in [3.8, 4) is 0 Å². The highest BCUT2D eigenvalue weighted by Crippen LogP contribution is 2.17. The van der Waals surface area contributed by atoms with Gasteiger partial charge in [-0.25, -0.2) is 0 Å². The lowest BCUT2D eigenvalue weighted by molar-refractivity contribution is -0.176. The van der Waals surface area contributed by atoms with Crippen molar-refractivity contribution in [1.82, 2.24) is 0 Å². The fraction of sp³-hybridized carbons (Fsp3) is 0.364. The number of rotatable bonds is 4. The SMILES string of the molecule is Cc1cc(C(N)=S)ccc1COCC(F)(F)F. The number of nitrogens with two attached hydrogens (primary N) is 1. The van der Waals surface area contributed by atoms with Crippen LogP contribution in [0.5, 0.6) is 0 Å². The molecule has 0 aliphatic carbocycles. The van der Waals surface area contributed by atoms with Crippen LogP contribution in [-0.2, 0) is 11.3 Å². The van der Waals surface area contributed by atoms with Gasteiger partial charge in [0, 0.05) is 5.56 Å².